The van der Waals surface area contributed by atoms with Gasteiger partial charge in [-0.1, -0.05) is 30.3 Å². The van der Waals surface area contributed by atoms with Crippen LogP contribution in [0.5, 0.6) is 0 Å². The summed E-state index contributed by atoms with van der Waals surface area (Å²) < 4.78 is 16.0. The molecule has 1 aromatic rings. The summed E-state index contributed by atoms with van der Waals surface area (Å²) in [7, 11) is 0. The Morgan fingerprint density at radius 1 is 1.29 bits per heavy atom. The Bertz CT molecular complexity index is 501. The lowest BCUT2D eigenvalue weighted by Gasteiger charge is -2.29. The summed E-state index contributed by atoms with van der Waals surface area (Å²) in [5.74, 6) is -2.51. The molecule has 1 aliphatic rings. The van der Waals surface area contributed by atoms with Crippen molar-refractivity contribution < 1.29 is 23.8 Å². The van der Waals surface area contributed by atoms with Crippen molar-refractivity contribution in [2.45, 2.75) is 25.6 Å². The Balaban J connectivity index is 2.11. The van der Waals surface area contributed by atoms with Crippen LogP contribution in [0.25, 0.3) is 0 Å². The van der Waals surface area contributed by atoms with E-state index in [0.29, 0.717) is 12.7 Å². The second-order valence-corrected chi connectivity index (χ2v) is 4.78. The Morgan fingerprint density at radius 3 is 2.52 bits per heavy atom. The SMILES string of the molecule is CCOC(=O)C(C=O)CC1(Cc2ccccc2)OC=CO1. The number of benzene rings is 1. The second kappa shape index (κ2) is 6.92. The highest BCUT2D eigenvalue weighted by atomic mass is 16.7. The molecule has 0 aromatic heterocycles. The van der Waals surface area contributed by atoms with Crippen LogP contribution in [0.1, 0.15) is 18.9 Å². The van der Waals surface area contributed by atoms with Gasteiger partial charge in [-0.2, -0.15) is 0 Å². The maximum atomic E-state index is 11.8. The topological polar surface area (TPSA) is 61.8 Å². The first-order valence-electron chi connectivity index (χ1n) is 6.85. The number of carbonyl (C=O) groups is 2. The van der Waals surface area contributed by atoms with Gasteiger partial charge in [-0.25, -0.2) is 0 Å². The molecule has 1 aliphatic heterocycles. The molecule has 0 aliphatic carbocycles. The fraction of sp³-hybridized carbons (Fsp3) is 0.375. The quantitative estimate of drug-likeness (QED) is 0.438. The van der Waals surface area contributed by atoms with Crippen LogP contribution in [0, 0.1) is 5.92 Å². The third kappa shape index (κ3) is 3.84. The van der Waals surface area contributed by atoms with Crippen LogP contribution in [0.15, 0.2) is 42.9 Å². The summed E-state index contributed by atoms with van der Waals surface area (Å²) in [5.41, 5.74) is 0.995. The van der Waals surface area contributed by atoms with E-state index in [1.165, 1.54) is 12.5 Å². The van der Waals surface area contributed by atoms with Gasteiger partial charge >= 0.3 is 5.97 Å². The molecule has 1 heterocycles. The molecule has 0 saturated carbocycles. The number of ether oxygens (including phenoxy) is 3. The number of carbonyl (C=O) groups excluding carboxylic acids is 2. The van der Waals surface area contributed by atoms with E-state index in [4.69, 9.17) is 14.2 Å². The number of esters is 1. The summed E-state index contributed by atoms with van der Waals surface area (Å²) in [4.78, 5) is 22.9. The predicted octanol–water partition coefficient (Wildman–Crippen LogP) is 2.21. The summed E-state index contributed by atoms with van der Waals surface area (Å²) in [6, 6.07) is 9.61. The fourth-order valence-corrected chi connectivity index (χ4v) is 2.26. The van der Waals surface area contributed by atoms with E-state index in [2.05, 4.69) is 0 Å². The van der Waals surface area contributed by atoms with Gasteiger partial charge in [0.25, 0.3) is 5.79 Å². The van der Waals surface area contributed by atoms with Crippen LogP contribution in [0.4, 0.5) is 0 Å². The van der Waals surface area contributed by atoms with Gasteiger partial charge in [-0.15, -0.1) is 0 Å². The monoisotopic (exact) mass is 290 g/mol. The van der Waals surface area contributed by atoms with Gasteiger partial charge in [0.05, 0.1) is 6.61 Å². The maximum absolute atomic E-state index is 11.8. The second-order valence-electron chi connectivity index (χ2n) is 4.78. The van der Waals surface area contributed by atoms with Crippen molar-refractivity contribution in [2.75, 3.05) is 6.61 Å². The van der Waals surface area contributed by atoms with E-state index in [0.717, 1.165) is 5.56 Å². The third-order valence-corrected chi connectivity index (χ3v) is 3.22. The zero-order valence-corrected chi connectivity index (χ0v) is 11.9. The zero-order chi connectivity index (χ0) is 15.1. The van der Waals surface area contributed by atoms with Crippen LogP contribution >= 0.6 is 0 Å². The standard InChI is InChI=1S/C16H18O5/c1-2-19-15(18)14(12-17)11-16(20-8-9-21-16)10-13-6-4-3-5-7-13/h3-9,12,14H,2,10-11H2,1H3. The van der Waals surface area contributed by atoms with Crippen molar-refractivity contribution in [1.29, 1.82) is 0 Å². The molecular formula is C16H18O5. The molecule has 1 aromatic carbocycles. The molecule has 21 heavy (non-hydrogen) atoms. The molecule has 1 unspecified atom stereocenters. The molecule has 1 atom stereocenters. The Morgan fingerprint density at radius 2 is 1.95 bits per heavy atom. The Hall–Kier alpha value is -2.30. The minimum atomic E-state index is -1.04. The van der Waals surface area contributed by atoms with E-state index < -0.39 is 17.7 Å². The molecular weight excluding hydrogens is 272 g/mol. The van der Waals surface area contributed by atoms with Crippen molar-refractivity contribution in [2.24, 2.45) is 5.92 Å². The van der Waals surface area contributed by atoms with Crippen molar-refractivity contribution in [3.63, 3.8) is 0 Å². The Labute approximate surface area is 123 Å². The minimum Gasteiger partial charge on any atom is -0.465 e. The van der Waals surface area contributed by atoms with Gasteiger partial charge in [-0.3, -0.25) is 4.79 Å². The van der Waals surface area contributed by atoms with E-state index >= 15 is 0 Å². The van der Waals surface area contributed by atoms with Crippen LogP contribution in [0.3, 0.4) is 0 Å². The third-order valence-electron chi connectivity index (χ3n) is 3.22. The van der Waals surface area contributed by atoms with Crippen LogP contribution in [-0.2, 0) is 30.2 Å². The summed E-state index contributed by atoms with van der Waals surface area (Å²) in [5, 5.41) is 0. The molecule has 0 fully saturated rings. The van der Waals surface area contributed by atoms with Crippen LogP contribution < -0.4 is 0 Å². The molecule has 0 N–H and O–H groups in total. The molecule has 0 radical (unpaired) electrons. The highest BCUT2D eigenvalue weighted by molar-refractivity contribution is 5.87. The van der Waals surface area contributed by atoms with E-state index in [1.54, 1.807) is 6.92 Å². The number of rotatable bonds is 7. The van der Waals surface area contributed by atoms with Crippen molar-refractivity contribution >= 4 is 12.3 Å². The summed E-state index contributed by atoms with van der Waals surface area (Å²) in [6.07, 6.45) is 3.98. The van der Waals surface area contributed by atoms with Crippen LogP contribution in [-0.4, -0.2) is 24.6 Å². The first-order chi connectivity index (χ1) is 10.2. The van der Waals surface area contributed by atoms with E-state index in [1.807, 2.05) is 30.3 Å². The van der Waals surface area contributed by atoms with Crippen molar-refractivity contribution in [3.05, 3.63) is 48.4 Å². The highest BCUT2D eigenvalue weighted by Gasteiger charge is 2.41. The molecule has 5 nitrogen and oxygen atoms in total. The average molecular weight is 290 g/mol. The first kappa shape index (κ1) is 15.1. The lowest BCUT2D eigenvalue weighted by Crippen LogP contribution is -2.38. The number of hydrogen-bond donors (Lipinski definition) is 0. The normalized spacial score (nSPS) is 16.6. The number of aldehydes is 1. The van der Waals surface area contributed by atoms with Gasteiger partial charge in [0.1, 0.15) is 24.7 Å². The minimum absolute atomic E-state index is 0.108. The smallest absolute Gasteiger partial charge is 0.316 e. The van der Waals surface area contributed by atoms with Gasteiger partial charge in [0.2, 0.25) is 0 Å². The molecule has 5 heteroatoms. The highest BCUT2D eigenvalue weighted by Crippen LogP contribution is 2.31. The lowest BCUT2D eigenvalue weighted by molar-refractivity contribution is -0.171. The average Bonchev–Trinajstić information content (AvgIpc) is 2.94. The van der Waals surface area contributed by atoms with Gasteiger partial charge < -0.3 is 19.0 Å². The van der Waals surface area contributed by atoms with E-state index in [9.17, 15) is 9.59 Å². The maximum Gasteiger partial charge on any atom is 0.316 e. The van der Waals surface area contributed by atoms with Gasteiger partial charge in [0, 0.05) is 12.8 Å². The van der Waals surface area contributed by atoms with Gasteiger partial charge in [-0.05, 0) is 12.5 Å². The molecule has 112 valence electrons. The summed E-state index contributed by atoms with van der Waals surface area (Å²) >= 11 is 0. The molecule has 0 amide bonds. The summed E-state index contributed by atoms with van der Waals surface area (Å²) in [6.45, 7) is 1.93. The van der Waals surface area contributed by atoms with Crippen molar-refractivity contribution in [3.8, 4) is 0 Å². The number of hydrogen-bond acceptors (Lipinski definition) is 5. The van der Waals surface area contributed by atoms with Crippen molar-refractivity contribution in [1.82, 2.24) is 0 Å². The molecule has 0 spiro atoms. The van der Waals surface area contributed by atoms with Crippen LogP contribution in [0.2, 0.25) is 0 Å². The lowest BCUT2D eigenvalue weighted by atomic mass is 9.94. The fourth-order valence-electron chi connectivity index (χ4n) is 2.26. The zero-order valence-electron chi connectivity index (χ0n) is 11.9. The first-order valence-corrected chi connectivity index (χ1v) is 6.85. The molecule has 0 bridgehead atoms. The van der Waals surface area contributed by atoms with Gasteiger partial charge in [0.15, 0.2) is 0 Å². The molecule has 2 rings (SSSR count). The largest absolute Gasteiger partial charge is 0.465 e. The van der Waals surface area contributed by atoms with E-state index in [-0.39, 0.29) is 13.0 Å². The Kier molecular flexibility index (Phi) is 4.98. The predicted molar refractivity (Wildman–Crippen MR) is 75.0 cm³/mol. The molecule has 0 saturated heterocycles.